The maximum Gasteiger partial charge on any atom is 0.269 e. The number of rotatable bonds is 7. The van der Waals surface area contributed by atoms with Crippen LogP contribution in [0.5, 0.6) is 0 Å². The summed E-state index contributed by atoms with van der Waals surface area (Å²) < 4.78 is 20.1. The van der Waals surface area contributed by atoms with E-state index < -0.39 is 29.9 Å². The summed E-state index contributed by atoms with van der Waals surface area (Å²) in [7, 11) is 0. The van der Waals surface area contributed by atoms with E-state index in [1.54, 1.807) is 60.9 Å². The Balaban J connectivity index is 1.21. The zero-order valence-corrected chi connectivity index (χ0v) is 23.2. The highest BCUT2D eigenvalue weighted by Crippen LogP contribution is 2.28. The van der Waals surface area contributed by atoms with Crippen LogP contribution in [0.25, 0.3) is 33.4 Å². The van der Waals surface area contributed by atoms with Gasteiger partial charge < -0.3 is 10.6 Å². The van der Waals surface area contributed by atoms with Crippen molar-refractivity contribution < 1.29 is 18.8 Å². The third-order valence-electron chi connectivity index (χ3n) is 6.80. The topological polar surface area (TPSA) is 162 Å². The Morgan fingerprint density at radius 2 is 1.95 bits per heavy atom. The number of halogens is 2. The highest BCUT2D eigenvalue weighted by Gasteiger charge is 2.40. The van der Waals surface area contributed by atoms with Gasteiger partial charge in [-0.3, -0.25) is 24.4 Å². The molecule has 1 fully saturated rings. The molecule has 212 valence electrons. The van der Waals surface area contributed by atoms with Gasteiger partial charge in [0.15, 0.2) is 11.5 Å². The number of nitrogens with two attached hydrogens (primary N) is 1. The van der Waals surface area contributed by atoms with E-state index in [1.165, 1.54) is 9.58 Å². The molecular formula is C27H21ClFN9O3S. The highest BCUT2D eigenvalue weighted by atomic mass is 35.5. The quantitative estimate of drug-likeness (QED) is 0.285. The molecule has 3 aromatic heterocycles. The van der Waals surface area contributed by atoms with Gasteiger partial charge in [-0.1, -0.05) is 29.8 Å². The molecule has 3 N–H and O–H groups in total. The van der Waals surface area contributed by atoms with Gasteiger partial charge in [0, 0.05) is 39.5 Å². The molecule has 0 saturated carbocycles. The zero-order valence-electron chi connectivity index (χ0n) is 21.6. The molecule has 42 heavy (non-hydrogen) atoms. The maximum atomic E-state index is 14.5. The number of nitrogens with zero attached hydrogens (tertiary/aromatic N) is 7. The van der Waals surface area contributed by atoms with E-state index in [-0.39, 0.29) is 30.3 Å². The third-order valence-corrected chi connectivity index (χ3v) is 7.66. The summed E-state index contributed by atoms with van der Waals surface area (Å²) in [6.45, 7) is -0.601. The molecule has 15 heteroatoms. The minimum absolute atomic E-state index is 0.0208. The largest absolute Gasteiger partial charge is 0.364 e. The van der Waals surface area contributed by atoms with Crippen LogP contribution < -0.4 is 11.1 Å². The lowest BCUT2D eigenvalue weighted by molar-refractivity contribution is -0.137. The molecule has 0 radical (unpaired) electrons. The van der Waals surface area contributed by atoms with Crippen molar-refractivity contribution in [3.8, 4) is 22.5 Å². The molecule has 0 spiro atoms. The number of hydrogen-bond acceptors (Lipinski definition) is 9. The van der Waals surface area contributed by atoms with Gasteiger partial charge in [0.05, 0.1) is 24.5 Å². The predicted molar refractivity (Wildman–Crippen MR) is 153 cm³/mol. The van der Waals surface area contributed by atoms with Crippen LogP contribution in [0.4, 0.5) is 9.52 Å². The predicted octanol–water partition coefficient (Wildman–Crippen LogP) is 3.34. The monoisotopic (exact) mass is 605 g/mol. The second-order valence-electron chi connectivity index (χ2n) is 9.55. The van der Waals surface area contributed by atoms with Gasteiger partial charge in [0.2, 0.25) is 16.9 Å². The van der Waals surface area contributed by atoms with Crippen molar-refractivity contribution in [2.45, 2.75) is 25.2 Å². The Kier molecular flexibility index (Phi) is 7.31. The Bertz CT molecular complexity index is 1830. The van der Waals surface area contributed by atoms with Crippen LogP contribution in [0, 0.1) is 0 Å². The molecular weight excluding hydrogens is 585 g/mol. The van der Waals surface area contributed by atoms with Gasteiger partial charge in [-0.05, 0) is 35.9 Å². The molecule has 2 aromatic carbocycles. The normalized spacial score (nSPS) is 16.6. The van der Waals surface area contributed by atoms with Crippen LogP contribution >= 0.6 is 23.1 Å². The smallest absolute Gasteiger partial charge is 0.269 e. The SMILES string of the molecule is NC(=O)c1nn(CC(=O)N2CC(F)CC2C(=O)Nc2nc(-c3cccc(Cl)c3)ns2)c2ccc(-c3ccnnc3)cc12. The maximum absolute atomic E-state index is 14.5. The van der Waals surface area contributed by atoms with E-state index in [1.807, 2.05) is 0 Å². The Morgan fingerprint density at radius 3 is 2.71 bits per heavy atom. The fourth-order valence-electron chi connectivity index (χ4n) is 4.86. The molecule has 5 aromatic rings. The Labute approximate surface area is 246 Å². The molecule has 1 aliphatic rings. The molecule has 12 nitrogen and oxygen atoms in total. The first-order chi connectivity index (χ1) is 20.3. The van der Waals surface area contributed by atoms with Crippen LogP contribution in [0.1, 0.15) is 16.9 Å². The minimum atomic E-state index is -1.40. The molecule has 0 bridgehead atoms. The van der Waals surface area contributed by atoms with E-state index in [9.17, 15) is 18.8 Å². The zero-order chi connectivity index (χ0) is 29.4. The van der Waals surface area contributed by atoms with Crippen molar-refractivity contribution in [1.29, 1.82) is 0 Å². The Hall–Kier alpha value is -4.82. The second kappa shape index (κ2) is 11.2. The fourth-order valence-corrected chi connectivity index (χ4v) is 5.64. The van der Waals surface area contributed by atoms with Gasteiger partial charge >= 0.3 is 0 Å². The second-order valence-corrected chi connectivity index (χ2v) is 10.7. The van der Waals surface area contributed by atoms with Gasteiger partial charge in [0.25, 0.3) is 5.91 Å². The summed E-state index contributed by atoms with van der Waals surface area (Å²) in [6, 6.07) is 12.9. The van der Waals surface area contributed by atoms with Gasteiger partial charge in [-0.15, -0.1) is 0 Å². The fraction of sp³-hybridized carbons (Fsp3) is 0.185. The number of primary amides is 1. The van der Waals surface area contributed by atoms with Crippen LogP contribution in [0.3, 0.4) is 0 Å². The number of likely N-dealkylation sites (tertiary alicyclic amines) is 1. The molecule has 0 aliphatic carbocycles. The summed E-state index contributed by atoms with van der Waals surface area (Å²) in [5, 5.41) is 15.7. The molecule has 1 saturated heterocycles. The Morgan fingerprint density at radius 1 is 1.10 bits per heavy atom. The van der Waals surface area contributed by atoms with Crippen molar-refractivity contribution in [1.82, 2.24) is 34.2 Å². The van der Waals surface area contributed by atoms with Crippen molar-refractivity contribution >= 4 is 56.9 Å². The standard InChI is InChI=1S/C27H21ClFN9O3S/c28-17-3-1-2-15(8-17)25-33-27(42-36-25)34-26(41)21-10-18(29)12-37(21)22(39)13-38-20-5-4-14(16-6-7-31-32-11-16)9-19(20)23(35-38)24(30)40/h1-9,11,18,21H,10,12-13H2,(H2,30,40)(H,33,34,36,41). The number of alkyl halides is 1. The molecule has 6 rings (SSSR count). The lowest BCUT2D eigenvalue weighted by Crippen LogP contribution is -2.44. The summed E-state index contributed by atoms with van der Waals surface area (Å²) in [5.41, 5.74) is 8.22. The first-order valence-electron chi connectivity index (χ1n) is 12.7. The number of benzene rings is 2. The van der Waals surface area contributed by atoms with E-state index in [0.29, 0.717) is 27.3 Å². The molecule has 1 aliphatic heterocycles. The van der Waals surface area contributed by atoms with Crippen molar-refractivity contribution in [3.63, 3.8) is 0 Å². The summed E-state index contributed by atoms with van der Waals surface area (Å²) in [4.78, 5) is 44.3. The number of hydrogen-bond donors (Lipinski definition) is 2. The third kappa shape index (κ3) is 5.41. The van der Waals surface area contributed by atoms with E-state index in [0.717, 1.165) is 22.7 Å². The molecule has 2 atom stereocenters. The van der Waals surface area contributed by atoms with Crippen LogP contribution in [-0.2, 0) is 16.1 Å². The van der Waals surface area contributed by atoms with Crippen molar-refractivity contribution in [3.05, 3.63) is 71.6 Å². The van der Waals surface area contributed by atoms with Crippen LogP contribution in [-0.4, -0.2) is 70.7 Å². The number of aromatic nitrogens is 6. The molecule has 3 amide bonds. The minimum Gasteiger partial charge on any atom is -0.364 e. The first-order valence-corrected chi connectivity index (χ1v) is 13.8. The average Bonchev–Trinajstić information content (AvgIpc) is 3.70. The van der Waals surface area contributed by atoms with E-state index >= 15 is 0 Å². The number of fused-ring (bicyclic) bond motifs is 1. The van der Waals surface area contributed by atoms with E-state index in [4.69, 9.17) is 17.3 Å². The summed E-state index contributed by atoms with van der Waals surface area (Å²) in [5.74, 6) is -1.53. The number of carbonyl (C=O) groups excluding carboxylic acids is 3. The van der Waals surface area contributed by atoms with Gasteiger partial charge in [-0.2, -0.15) is 24.7 Å². The van der Waals surface area contributed by atoms with Gasteiger partial charge in [0.1, 0.15) is 18.8 Å². The van der Waals surface area contributed by atoms with Crippen molar-refractivity contribution in [2.24, 2.45) is 5.73 Å². The van der Waals surface area contributed by atoms with Crippen molar-refractivity contribution in [2.75, 3.05) is 11.9 Å². The molecule has 4 heterocycles. The summed E-state index contributed by atoms with van der Waals surface area (Å²) in [6.07, 6.45) is 1.55. The average molecular weight is 606 g/mol. The number of carbonyl (C=O) groups is 3. The number of amides is 3. The van der Waals surface area contributed by atoms with Crippen LogP contribution in [0.2, 0.25) is 5.02 Å². The number of anilines is 1. The number of nitrogens with one attached hydrogen (secondary N) is 1. The lowest BCUT2D eigenvalue weighted by Gasteiger charge is -2.23. The first kappa shape index (κ1) is 27.4. The molecule has 2 unspecified atom stereocenters. The van der Waals surface area contributed by atoms with Crippen LogP contribution in [0.15, 0.2) is 60.9 Å². The highest BCUT2D eigenvalue weighted by molar-refractivity contribution is 7.10. The van der Waals surface area contributed by atoms with Gasteiger partial charge in [-0.25, -0.2) is 4.39 Å². The van der Waals surface area contributed by atoms with E-state index in [2.05, 4.69) is 30.0 Å². The lowest BCUT2D eigenvalue weighted by atomic mass is 10.0. The summed E-state index contributed by atoms with van der Waals surface area (Å²) >= 11 is 7.00.